The van der Waals surface area contributed by atoms with E-state index in [9.17, 15) is 32.9 Å². The fraction of sp³-hybridized carbons (Fsp3) is 0.600. The molecular weight excluding hydrogens is 417 g/mol. The molecule has 0 atom stereocenters. The summed E-state index contributed by atoms with van der Waals surface area (Å²) in [4.78, 5) is 40.2. The van der Waals surface area contributed by atoms with Gasteiger partial charge in [-0.2, -0.15) is 13.2 Å². The number of anilines is 1. The third-order valence-corrected chi connectivity index (χ3v) is 5.94. The maximum Gasteiger partial charge on any atom is 0.416 e. The maximum absolute atomic E-state index is 12.9. The topological polar surface area (TPSA) is 87.0 Å². The Morgan fingerprint density at radius 3 is 2.23 bits per heavy atom. The zero-order chi connectivity index (χ0) is 22.8. The van der Waals surface area contributed by atoms with Crippen molar-refractivity contribution in [1.29, 1.82) is 0 Å². The number of halogens is 3. The molecule has 2 saturated heterocycles. The highest BCUT2D eigenvalue weighted by molar-refractivity contribution is 5.80. The molecule has 0 radical (unpaired) electrons. The minimum Gasteiger partial charge on any atom is -0.366 e. The van der Waals surface area contributed by atoms with Crippen LogP contribution in [-0.4, -0.2) is 65.8 Å². The van der Waals surface area contributed by atoms with E-state index in [1.807, 2.05) is 0 Å². The van der Waals surface area contributed by atoms with Gasteiger partial charge in [0.15, 0.2) is 0 Å². The SMILES string of the molecule is CC(=O)N1CCCN(C(=O)C2CCN(c3ccc(C(F)(F)F)cc3[N+](=O)[O-])CC2)CC1. The molecule has 1 aromatic rings. The first-order valence-corrected chi connectivity index (χ1v) is 10.2. The molecule has 0 saturated carbocycles. The summed E-state index contributed by atoms with van der Waals surface area (Å²) in [6.07, 6.45) is -3.02. The molecule has 0 bridgehead atoms. The number of nitrogens with zero attached hydrogens (tertiary/aromatic N) is 4. The van der Waals surface area contributed by atoms with Crippen molar-refractivity contribution in [3.63, 3.8) is 0 Å². The summed E-state index contributed by atoms with van der Waals surface area (Å²) >= 11 is 0. The Morgan fingerprint density at radius 2 is 1.65 bits per heavy atom. The van der Waals surface area contributed by atoms with Gasteiger partial charge in [-0.05, 0) is 31.4 Å². The van der Waals surface area contributed by atoms with Gasteiger partial charge >= 0.3 is 6.18 Å². The minimum atomic E-state index is -4.66. The predicted octanol–water partition coefficient (Wildman–Crippen LogP) is 2.91. The normalized spacial score (nSPS) is 18.6. The zero-order valence-corrected chi connectivity index (χ0v) is 17.2. The number of amides is 2. The van der Waals surface area contributed by atoms with Crippen LogP contribution in [0.25, 0.3) is 0 Å². The molecule has 2 aliphatic heterocycles. The first-order valence-electron chi connectivity index (χ1n) is 10.2. The van der Waals surface area contributed by atoms with E-state index >= 15 is 0 Å². The third-order valence-electron chi connectivity index (χ3n) is 5.94. The molecule has 8 nitrogen and oxygen atoms in total. The van der Waals surface area contributed by atoms with E-state index in [0.29, 0.717) is 64.6 Å². The van der Waals surface area contributed by atoms with Crippen molar-refractivity contribution in [2.45, 2.75) is 32.4 Å². The van der Waals surface area contributed by atoms with Crippen LogP contribution in [0.2, 0.25) is 0 Å². The number of piperidine rings is 1. The summed E-state index contributed by atoms with van der Waals surface area (Å²) in [5.74, 6) is -0.249. The number of hydrogen-bond acceptors (Lipinski definition) is 5. The quantitative estimate of drug-likeness (QED) is 0.531. The van der Waals surface area contributed by atoms with Crippen molar-refractivity contribution in [2.24, 2.45) is 5.92 Å². The van der Waals surface area contributed by atoms with Crippen LogP contribution in [0.4, 0.5) is 24.5 Å². The number of carbonyl (C=O) groups excluding carboxylic acids is 2. The van der Waals surface area contributed by atoms with E-state index in [0.717, 1.165) is 12.1 Å². The first-order chi connectivity index (χ1) is 14.6. The van der Waals surface area contributed by atoms with Crippen LogP contribution in [0.3, 0.4) is 0 Å². The van der Waals surface area contributed by atoms with Gasteiger partial charge in [-0.3, -0.25) is 19.7 Å². The van der Waals surface area contributed by atoms with E-state index < -0.39 is 22.4 Å². The average molecular weight is 442 g/mol. The lowest BCUT2D eigenvalue weighted by Crippen LogP contribution is -2.44. The third kappa shape index (κ3) is 5.26. The molecule has 1 aromatic carbocycles. The molecule has 3 rings (SSSR count). The molecule has 0 spiro atoms. The number of alkyl halides is 3. The van der Waals surface area contributed by atoms with Gasteiger partial charge in [-0.25, -0.2) is 0 Å². The molecular formula is C20H25F3N4O4. The maximum atomic E-state index is 12.9. The van der Waals surface area contributed by atoms with Gasteiger partial charge in [0, 0.05) is 58.2 Å². The van der Waals surface area contributed by atoms with Crippen molar-refractivity contribution in [2.75, 3.05) is 44.2 Å². The highest BCUT2D eigenvalue weighted by Crippen LogP contribution is 2.37. The average Bonchev–Trinajstić information content (AvgIpc) is 2.99. The molecule has 2 heterocycles. The number of nitro benzene ring substituents is 1. The summed E-state index contributed by atoms with van der Waals surface area (Å²) in [7, 11) is 0. The van der Waals surface area contributed by atoms with E-state index in [1.54, 1.807) is 14.7 Å². The predicted molar refractivity (Wildman–Crippen MR) is 106 cm³/mol. The van der Waals surface area contributed by atoms with E-state index in [2.05, 4.69) is 0 Å². The van der Waals surface area contributed by atoms with Gasteiger partial charge in [-0.15, -0.1) is 0 Å². The molecule has 11 heteroatoms. The van der Waals surface area contributed by atoms with Gasteiger partial charge in [0.25, 0.3) is 5.69 Å². The Balaban J connectivity index is 1.65. The Hall–Kier alpha value is -2.85. The molecule has 170 valence electrons. The van der Waals surface area contributed by atoms with Crippen molar-refractivity contribution in [3.8, 4) is 0 Å². The monoisotopic (exact) mass is 442 g/mol. The zero-order valence-electron chi connectivity index (χ0n) is 17.2. The molecule has 0 unspecified atom stereocenters. The lowest BCUT2D eigenvalue weighted by Gasteiger charge is -2.35. The van der Waals surface area contributed by atoms with Crippen molar-refractivity contribution in [3.05, 3.63) is 33.9 Å². The fourth-order valence-electron chi connectivity index (χ4n) is 4.19. The standard InChI is InChI=1S/C20H25F3N4O4/c1-14(28)24-7-2-8-26(12-11-24)19(29)15-5-9-25(10-6-15)17-4-3-16(20(21,22)23)13-18(17)27(30)31/h3-4,13,15H,2,5-12H2,1H3. The van der Waals surface area contributed by atoms with Crippen LogP contribution in [0.1, 0.15) is 31.7 Å². The van der Waals surface area contributed by atoms with E-state index in [1.165, 1.54) is 6.92 Å². The molecule has 0 N–H and O–H groups in total. The van der Waals surface area contributed by atoms with E-state index in [-0.39, 0.29) is 23.4 Å². The van der Waals surface area contributed by atoms with Crippen LogP contribution in [0.5, 0.6) is 0 Å². The van der Waals surface area contributed by atoms with Gasteiger partial charge < -0.3 is 14.7 Å². The number of rotatable bonds is 3. The number of hydrogen-bond donors (Lipinski definition) is 0. The Bertz CT molecular complexity index is 853. The Labute approximate surface area is 177 Å². The van der Waals surface area contributed by atoms with Crippen LogP contribution >= 0.6 is 0 Å². The van der Waals surface area contributed by atoms with Gasteiger partial charge in [-0.1, -0.05) is 0 Å². The van der Waals surface area contributed by atoms with Gasteiger partial charge in [0.2, 0.25) is 11.8 Å². The molecule has 0 aromatic heterocycles. The summed E-state index contributed by atoms with van der Waals surface area (Å²) in [5.41, 5.74) is -1.51. The van der Waals surface area contributed by atoms with Crippen molar-refractivity contribution >= 4 is 23.2 Å². The lowest BCUT2D eigenvalue weighted by molar-refractivity contribution is -0.384. The second-order valence-corrected chi connectivity index (χ2v) is 7.90. The van der Waals surface area contributed by atoms with Crippen LogP contribution in [0, 0.1) is 16.0 Å². The molecule has 0 aliphatic carbocycles. The minimum absolute atomic E-state index is 0.00645. The first kappa shape index (κ1) is 22.8. The number of nitro groups is 1. The molecule has 2 fully saturated rings. The Morgan fingerprint density at radius 1 is 1.03 bits per heavy atom. The van der Waals surface area contributed by atoms with Gasteiger partial charge in [0.05, 0.1) is 10.5 Å². The largest absolute Gasteiger partial charge is 0.416 e. The van der Waals surface area contributed by atoms with Crippen LogP contribution in [0.15, 0.2) is 18.2 Å². The highest BCUT2D eigenvalue weighted by atomic mass is 19.4. The molecule has 31 heavy (non-hydrogen) atoms. The van der Waals surface area contributed by atoms with Crippen LogP contribution in [-0.2, 0) is 15.8 Å². The smallest absolute Gasteiger partial charge is 0.366 e. The Kier molecular flexibility index (Phi) is 6.71. The number of benzene rings is 1. The summed E-state index contributed by atoms with van der Waals surface area (Å²) < 4.78 is 38.8. The summed E-state index contributed by atoms with van der Waals surface area (Å²) in [6, 6.07) is 2.54. The second-order valence-electron chi connectivity index (χ2n) is 7.90. The van der Waals surface area contributed by atoms with Gasteiger partial charge in [0.1, 0.15) is 5.69 Å². The van der Waals surface area contributed by atoms with E-state index in [4.69, 9.17) is 0 Å². The molecule has 2 amide bonds. The molecule has 2 aliphatic rings. The lowest BCUT2D eigenvalue weighted by atomic mass is 9.94. The second kappa shape index (κ2) is 9.11. The van der Waals surface area contributed by atoms with Crippen molar-refractivity contribution < 1.29 is 27.7 Å². The number of carbonyl (C=O) groups is 2. The summed E-state index contributed by atoms with van der Waals surface area (Å²) in [6.45, 7) is 4.36. The van der Waals surface area contributed by atoms with Crippen molar-refractivity contribution in [1.82, 2.24) is 9.80 Å². The fourth-order valence-corrected chi connectivity index (χ4v) is 4.19. The van der Waals surface area contributed by atoms with Crippen LogP contribution < -0.4 is 4.90 Å². The summed E-state index contributed by atoms with van der Waals surface area (Å²) in [5, 5.41) is 11.4. The highest BCUT2D eigenvalue weighted by Gasteiger charge is 2.35.